The van der Waals surface area contributed by atoms with Crippen LogP contribution in [0.5, 0.6) is 0 Å². The maximum absolute atomic E-state index is 13.1. The highest BCUT2D eigenvalue weighted by molar-refractivity contribution is 7.17. The van der Waals surface area contributed by atoms with Gasteiger partial charge >= 0.3 is 5.97 Å². The number of primary amides is 1. The van der Waals surface area contributed by atoms with E-state index in [1.807, 2.05) is 0 Å². The number of hydrogen-bond acceptors (Lipinski definition) is 4. The molecule has 4 rings (SSSR count). The zero-order valence-electron chi connectivity index (χ0n) is 17.3. The summed E-state index contributed by atoms with van der Waals surface area (Å²) in [5, 5.41) is 13.1. The lowest BCUT2D eigenvalue weighted by atomic mass is 9.72. The minimum Gasteiger partial charge on any atom is -0.481 e. The summed E-state index contributed by atoms with van der Waals surface area (Å²) in [6, 6.07) is 0. The Morgan fingerprint density at radius 3 is 2.34 bits per heavy atom. The van der Waals surface area contributed by atoms with E-state index < -0.39 is 23.7 Å². The van der Waals surface area contributed by atoms with Crippen molar-refractivity contribution < 1.29 is 19.5 Å². The van der Waals surface area contributed by atoms with Crippen LogP contribution in [0.4, 0.5) is 5.00 Å². The van der Waals surface area contributed by atoms with E-state index in [-0.39, 0.29) is 23.2 Å². The smallest absolute Gasteiger partial charge is 0.307 e. The van der Waals surface area contributed by atoms with Gasteiger partial charge in [-0.15, -0.1) is 11.3 Å². The quantitative estimate of drug-likeness (QED) is 0.693. The molecular formula is C22H30N2O4S. The highest BCUT2D eigenvalue weighted by atomic mass is 32.1. The molecule has 3 aliphatic carbocycles. The third-order valence-corrected chi connectivity index (χ3v) is 8.65. The van der Waals surface area contributed by atoms with Crippen molar-refractivity contribution in [2.75, 3.05) is 5.32 Å². The lowest BCUT2D eigenvalue weighted by molar-refractivity contribution is -0.148. The van der Waals surface area contributed by atoms with E-state index in [9.17, 15) is 19.5 Å². The zero-order chi connectivity index (χ0) is 21.1. The van der Waals surface area contributed by atoms with Crippen molar-refractivity contribution in [2.45, 2.75) is 59.3 Å². The van der Waals surface area contributed by atoms with E-state index in [0.29, 0.717) is 16.5 Å². The molecule has 29 heavy (non-hydrogen) atoms. The Kier molecular flexibility index (Phi) is 5.00. The number of carbonyl (C=O) groups excluding carboxylic acids is 2. The van der Waals surface area contributed by atoms with Crippen LogP contribution in [0.15, 0.2) is 0 Å². The molecule has 0 aromatic carbocycles. The fraction of sp³-hybridized carbons (Fsp3) is 0.682. The van der Waals surface area contributed by atoms with Gasteiger partial charge in [0.15, 0.2) is 0 Å². The molecule has 2 bridgehead atoms. The van der Waals surface area contributed by atoms with Crippen LogP contribution >= 0.6 is 11.3 Å². The van der Waals surface area contributed by atoms with Crippen LogP contribution in [0.3, 0.4) is 0 Å². The molecular weight excluding hydrogens is 388 g/mol. The highest BCUT2D eigenvalue weighted by Crippen LogP contribution is 2.53. The Bertz CT molecular complexity index is 869. The number of aliphatic carboxylic acids is 1. The molecule has 5 atom stereocenters. The number of nitrogens with one attached hydrogen (secondary N) is 1. The fourth-order valence-corrected chi connectivity index (χ4v) is 7.23. The van der Waals surface area contributed by atoms with Gasteiger partial charge in [-0.25, -0.2) is 0 Å². The van der Waals surface area contributed by atoms with E-state index in [1.54, 1.807) is 0 Å². The Labute approximate surface area is 175 Å². The van der Waals surface area contributed by atoms with Gasteiger partial charge in [0.25, 0.3) is 5.91 Å². The van der Waals surface area contributed by atoms with Crippen LogP contribution in [-0.2, 0) is 22.4 Å². The summed E-state index contributed by atoms with van der Waals surface area (Å²) in [5.74, 6) is -2.08. The average Bonchev–Trinajstić information content (AvgIpc) is 3.31. The number of amides is 2. The maximum Gasteiger partial charge on any atom is 0.307 e. The molecule has 6 nitrogen and oxygen atoms in total. The number of thiophene rings is 1. The second kappa shape index (κ2) is 7.11. The van der Waals surface area contributed by atoms with Crippen molar-refractivity contribution in [3.63, 3.8) is 0 Å². The first kappa shape index (κ1) is 20.4. The average molecular weight is 419 g/mol. The lowest BCUT2D eigenvalue weighted by Gasteiger charge is -2.33. The Balaban J connectivity index is 1.61. The monoisotopic (exact) mass is 418 g/mol. The van der Waals surface area contributed by atoms with Crippen molar-refractivity contribution in [2.24, 2.45) is 40.7 Å². The number of hydrogen-bond donors (Lipinski definition) is 3. The normalized spacial score (nSPS) is 30.8. The molecule has 1 aromatic heterocycles. The van der Waals surface area contributed by atoms with Gasteiger partial charge in [0.2, 0.25) is 5.91 Å². The number of carboxylic acid groups (broad SMARTS) is 1. The minimum atomic E-state index is -0.883. The van der Waals surface area contributed by atoms with Gasteiger partial charge in [-0.1, -0.05) is 20.8 Å². The van der Waals surface area contributed by atoms with Crippen LogP contribution in [-0.4, -0.2) is 22.9 Å². The Hall–Kier alpha value is -1.89. The summed E-state index contributed by atoms with van der Waals surface area (Å²) in [5.41, 5.74) is 7.27. The fourth-order valence-electron chi connectivity index (χ4n) is 5.89. The van der Waals surface area contributed by atoms with Crippen molar-refractivity contribution in [3.05, 3.63) is 16.0 Å². The number of anilines is 1. The van der Waals surface area contributed by atoms with Gasteiger partial charge in [0.05, 0.1) is 17.4 Å². The predicted octanol–water partition coefficient (Wildman–Crippen LogP) is 3.68. The largest absolute Gasteiger partial charge is 0.481 e. The SMILES string of the molecule is CC(C)(C)[C@@H]1CCc2c(sc(NC(=O)[C@@H]3[C@H]4CC[C@@H](C4)[C@H]3C(=O)O)c2C(N)=O)C1. The molecule has 1 aromatic rings. The van der Waals surface area contributed by atoms with E-state index in [2.05, 4.69) is 26.1 Å². The Morgan fingerprint density at radius 1 is 1.10 bits per heavy atom. The topological polar surface area (TPSA) is 109 Å². The van der Waals surface area contributed by atoms with E-state index in [0.717, 1.165) is 49.0 Å². The number of nitrogens with two attached hydrogens (primary N) is 1. The summed E-state index contributed by atoms with van der Waals surface area (Å²) < 4.78 is 0. The summed E-state index contributed by atoms with van der Waals surface area (Å²) in [7, 11) is 0. The van der Waals surface area contributed by atoms with Crippen LogP contribution in [0.2, 0.25) is 0 Å². The molecule has 2 fully saturated rings. The predicted molar refractivity (Wildman–Crippen MR) is 112 cm³/mol. The van der Waals surface area contributed by atoms with E-state index in [4.69, 9.17) is 5.73 Å². The summed E-state index contributed by atoms with van der Waals surface area (Å²) in [4.78, 5) is 38.2. The minimum absolute atomic E-state index is 0.0907. The van der Waals surface area contributed by atoms with Gasteiger partial charge in [-0.2, -0.15) is 0 Å². The molecule has 0 saturated heterocycles. The second-order valence-corrected chi connectivity index (χ2v) is 11.2. The molecule has 4 N–H and O–H groups in total. The van der Waals surface area contributed by atoms with Crippen molar-refractivity contribution in [3.8, 4) is 0 Å². The van der Waals surface area contributed by atoms with Crippen LogP contribution < -0.4 is 11.1 Å². The lowest BCUT2D eigenvalue weighted by Crippen LogP contribution is -2.38. The molecule has 2 amide bonds. The van der Waals surface area contributed by atoms with Crippen molar-refractivity contribution in [1.29, 1.82) is 0 Å². The Morgan fingerprint density at radius 2 is 1.76 bits per heavy atom. The molecule has 1 heterocycles. The third-order valence-electron chi connectivity index (χ3n) is 7.48. The molecule has 0 unspecified atom stereocenters. The third kappa shape index (κ3) is 3.47. The first-order chi connectivity index (χ1) is 13.6. The molecule has 0 aliphatic heterocycles. The maximum atomic E-state index is 13.1. The van der Waals surface area contributed by atoms with Crippen LogP contribution in [0, 0.1) is 35.0 Å². The molecule has 158 valence electrons. The molecule has 0 spiro atoms. The summed E-state index contributed by atoms with van der Waals surface area (Å²) in [6.45, 7) is 6.69. The van der Waals surface area contributed by atoms with Gasteiger partial charge in [-0.05, 0) is 67.3 Å². The van der Waals surface area contributed by atoms with Crippen LogP contribution in [0.1, 0.15) is 67.3 Å². The van der Waals surface area contributed by atoms with Gasteiger partial charge in [-0.3, -0.25) is 14.4 Å². The molecule has 0 radical (unpaired) electrons. The second-order valence-electron chi connectivity index (χ2n) is 10.1. The molecule has 2 saturated carbocycles. The van der Waals surface area contributed by atoms with Crippen molar-refractivity contribution in [1.82, 2.24) is 0 Å². The number of carbonyl (C=O) groups is 3. The number of fused-ring (bicyclic) bond motifs is 3. The number of carboxylic acids is 1. The zero-order valence-corrected chi connectivity index (χ0v) is 18.1. The first-order valence-electron chi connectivity index (χ1n) is 10.6. The van der Waals surface area contributed by atoms with E-state index in [1.165, 1.54) is 11.3 Å². The number of rotatable bonds is 4. The van der Waals surface area contributed by atoms with E-state index >= 15 is 0 Å². The summed E-state index contributed by atoms with van der Waals surface area (Å²) >= 11 is 1.45. The first-order valence-corrected chi connectivity index (χ1v) is 11.4. The van der Waals surface area contributed by atoms with Crippen LogP contribution in [0.25, 0.3) is 0 Å². The molecule has 3 aliphatic rings. The van der Waals surface area contributed by atoms with Gasteiger partial charge in [0.1, 0.15) is 5.00 Å². The van der Waals surface area contributed by atoms with Gasteiger partial charge < -0.3 is 16.2 Å². The van der Waals surface area contributed by atoms with Gasteiger partial charge in [0, 0.05) is 4.88 Å². The van der Waals surface area contributed by atoms with Crippen molar-refractivity contribution >= 4 is 34.1 Å². The summed E-state index contributed by atoms with van der Waals surface area (Å²) in [6.07, 6.45) is 5.27. The molecule has 7 heteroatoms. The standard InChI is InChI=1S/C22H30N2O4S/c1-22(2,3)12-6-7-13-14(9-12)29-20(17(13)18(23)25)24-19(26)15-10-4-5-11(8-10)16(15)21(27)28/h10-12,15-16H,4-9H2,1-3H3,(H2,23,25)(H,24,26)(H,27,28)/t10-,11-,12+,15+,16+/m0/s1. The highest BCUT2D eigenvalue weighted by Gasteiger charge is 2.54.